The molecule has 1 aliphatic rings. The SMILES string of the molecule is CN(Cc1ccccc1Cn1cccn1)C1CCSCC1. The summed E-state index contributed by atoms with van der Waals surface area (Å²) in [5.41, 5.74) is 2.80. The van der Waals surface area contributed by atoms with E-state index in [1.807, 2.05) is 23.1 Å². The van der Waals surface area contributed by atoms with Gasteiger partial charge in [0.15, 0.2) is 0 Å². The highest BCUT2D eigenvalue weighted by Gasteiger charge is 2.19. The first-order valence-electron chi connectivity index (χ1n) is 7.65. The minimum atomic E-state index is 0.740. The molecule has 2 heterocycles. The number of rotatable bonds is 5. The van der Waals surface area contributed by atoms with E-state index in [0.717, 1.165) is 19.1 Å². The summed E-state index contributed by atoms with van der Waals surface area (Å²) in [5.74, 6) is 2.62. The molecular weight excluding hydrogens is 278 g/mol. The molecule has 0 N–H and O–H groups in total. The summed E-state index contributed by atoms with van der Waals surface area (Å²) < 4.78 is 2.00. The highest BCUT2D eigenvalue weighted by atomic mass is 32.2. The third kappa shape index (κ3) is 3.89. The predicted molar refractivity (Wildman–Crippen MR) is 89.6 cm³/mol. The summed E-state index contributed by atoms with van der Waals surface area (Å²) in [5, 5.41) is 4.32. The zero-order valence-corrected chi connectivity index (χ0v) is 13.4. The zero-order chi connectivity index (χ0) is 14.5. The van der Waals surface area contributed by atoms with Crippen LogP contribution in [0.25, 0.3) is 0 Å². The number of benzene rings is 1. The summed E-state index contributed by atoms with van der Waals surface area (Å²) in [6.07, 6.45) is 6.51. The minimum absolute atomic E-state index is 0.740. The van der Waals surface area contributed by atoms with Gasteiger partial charge in [0.1, 0.15) is 0 Å². The fourth-order valence-corrected chi connectivity index (χ4v) is 4.04. The first-order chi connectivity index (χ1) is 10.3. The summed E-state index contributed by atoms with van der Waals surface area (Å²) in [7, 11) is 2.27. The first kappa shape index (κ1) is 14.7. The molecule has 3 nitrogen and oxygen atoms in total. The van der Waals surface area contributed by atoms with Crippen LogP contribution < -0.4 is 0 Å². The van der Waals surface area contributed by atoms with Crippen molar-refractivity contribution in [3.05, 3.63) is 53.9 Å². The van der Waals surface area contributed by atoms with Crippen LogP contribution in [-0.4, -0.2) is 39.3 Å². The van der Waals surface area contributed by atoms with Crippen molar-refractivity contribution in [3.8, 4) is 0 Å². The van der Waals surface area contributed by atoms with Gasteiger partial charge < -0.3 is 0 Å². The van der Waals surface area contributed by atoms with Gasteiger partial charge in [-0.05, 0) is 48.6 Å². The third-order valence-corrected chi connectivity index (χ3v) is 5.29. The number of aromatic nitrogens is 2. The van der Waals surface area contributed by atoms with Crippen LogP contribution in [0.2, 0.25) is 0 Å². The van der Waals surface area contributed by atoms with Gasteiger partial charge in [0.2, 0.25) is 0 Å². The molecule has 2 aromatic rings. The molecule has 0 atom stereocenters. The van der Waals surface area contributed by atoms with E-state index >= 15 is 0 Å². The van der Waals surface area contributed by atoms with Crippen molar-refractivity contribution in [2.45, 2.75) is 32.0 Å². The smallest absolute Gasteiger partial charge is 0.0662 e. The number of nitrogens with zero attached hydrogens (tertiary/aromatic N) is 3. The Balaban J connectivity index is 1.69. The van der Waals surface area contributed by atoms with Gasteiger partial charge in [-0.15, -0.1) is 0 Å². The van der Waals surface area contributed by atoms with Crippen molar-refractivity contribution in [1.82, 2.24) is 14.7 Å². The molecule has 1 aromatic heterocycles. The standard InChI is InChI=1S/C17H23N3S/c1-19(17-7-11-21-12-8-17)13-15-5-2-3-6-16(15)14-20-10-4-9-18-20/h2-6,9-10,17H,7-8,11-14H2,1H3. The monoisotopic (exact) mass is 301 g/mol. The van der Waals surface area contributed by atoms with E-state index in [-0.39, 0.29) is 0 Å². The molecule has 1 saturated heterocycles. The molecule has 0 spiro atoms. The molecule has 1 aliphatic heterocycles. The second-order valence-electron chi connectivity index (χ2n) is 5.73. The van der Waals surface area contributed by atoms with Crippen LogP contribution in [0.4, 0.5) is 0 Å². The van der Waals surface area contributed by atoms with Crippen molar-refractivity contribution in [2.75, 3.05) is 18.6 Å². The summed E-state index contributed by atoms with van der Waals surface area (Å²) in [6, 6.07) is 11.5. The van der Waals surface area contributed by atoms with Crippen LogP contribution in [0.1, 0.15) is 24.0 Å². The Morgan fingerprint density at radius 1 is 1.19 bits per heavy atom. The molecule has 3 rings (SSSR count). The topological polar surface area (TPSA) is 21.1 Å². The summed E-state index contributed by atoms with van der Waals surface area (Å²) in [4.78, 5) is 2.53. The molecule has 0 unspecified atom stereocenters. The third-order valence-electron chi connectivity index (χ3n) is 4.24. The van der Waals surface area contributed by atoms with Gasteiger partial charge in [0, 0.05) is 25.0 Å². The van der Waals surface area contributed by atoms with Crippen LogP contribution in [0.3, 0.4) is 0 Å². The van der Waals surface area contributed by atoms with Crippen molar-refractivity contribution < 1.29 is 0 Å². The Morgan fingerprint density at radius 3 is 2.67 bits per heavy atom. The lowest BCUT2D eigenvalue weighted by Gasteiger charge is -2.31. The van der Waals surface area contributed by atoms with Gasteiger partial charge in [0.25, 0.3) is 0 Å². The van der Waals surface area contributed by atoms with Crippen LogP contribution >= 0.6 is 11.8 Å². The van der Waals surface area contributed by atoms with Gasteiger partial charge in [-0.2, -0.15) is 16.9 Å². The Labute approximate surface area is 131 Å². The molecule has 4 heteroatoms. The molecule has 1 aromatic carbocycles. The van der Waals surface area contributed by atoms with Gasteiger partial charge in [-0.25, -0.2) is 0 Å². The minimum Gasteiger partial charge on any atom is -0.299 e. The van der Waals surface area contributed by atoms with Crippen molar-refractivity contribution in [2.24, 2.45) is 0 Å². The Kier molecular flexibility index (Phi) is 4.99. The maximum absolute atomic E-state index is 4.32. The quantitative estimate of drug-likeness (QED) is 0.846. The van der Waals surface area contributed by atoms with Crippen molar-refractivity contribution >= 4 is 11.8 Å². The fraction of sp³-hybridized carbons (Fsp3) is 0.471. The number of hydrogen-bond acceptors (Lipinski definition) is 3. The average Bonchev–Trinajstić information content (AvgIpc) is 3.03. The molecule has 0 bridgehead atoms. The van der Waals surface area contributed by atoms with Crippen LogP contribution in [0, 0.1) is 0 Å². The molecule has 0 saturated carbocycles. The lowest BCUT2D eigenvalue weighted by atomic mass is 10.0. The highest BCUT2D eigenvalue weighted by molar-refractivity contribution is 7.99. The second kappa shape index (κ2) is 7.14. The Bertz CT molecular complexity index is 547. The Morgan fingerprint density at radius 2 is 1.95 bits per heavy atom. The molecular formula is C17H23N3S. The lowest BCUT2D eigenvalue weighted by Crippen LogP contribution is -2.34. The van der Waals surface area contributed by atoms with Gasteiger partial charge in [0.05, 0.1) is 6.54 Å². The van der Waals surface area contributed by atoms with E-state index in [4.69, 9.17) is 0 Å². The lowest BCUT2D eigenvalue weighted by molar-refractivity contribution is 0.220. The summed E-state index contributed by atoms with van der Waals surface area (Å²) >= 11 is 2.09. The molecule has 21 heavy (non-hydrogen) atoms. The maximum Gasteiger partial charge on any atom is 0.0662 e. The molecule has 0 radical (unpaired) electrons. The van der Waals surface area contributed by atoms with E-state index < -0.39 is 0 Å². The molecule has 0 amide bonds. The van der Waals surface area contributed by atoms with E-state index in [2.05, 4.69) is 53.1 Å². The van der Waals surface area contributed by atoms with Crippen LogP contribution in [0.5, 0.6) is 0 Å². The molecule has 0 aliphatic carbocycles. The number of hydrogen-bond donors (Lipinski definition) is 0. The van der Waals surface area contributed by atoms with Gasteiger partial charge in [-0.1, -0.05) is 24.3 Å². The zero-order valence-electron chi connectivity index (χ0n) is 12.6. The molecule has 1 fully saturated rings. The predicted octanol–water partition coefficient (Wildman–Crippen LogP) is 3.26. The Hall–Kier alpha value is -1.26. The molecule has 112 valence electrons. The largest absolute Gasteiger partial charge is 0.299 e. The van der Waals surface area contributed by atoms with Crippen molar-refractivity contribution in [3.63, 3.8) is 0 Å². The number of thioether (sulfide) groups is 1. The van der Waals surface area contributed by atoms with Crippen LogP contribution in [-0.2, 0) is 13.1 Å². The first-order valence-corrected chi connectivity index (χ1v) is 8.80. The van der Waals surface area contributed by atoms with E-state index in [1.54, 1.807) is 0 Å². The van der Waals surface area contributed by atoms with E-state index in [1.165, 1.54) is 35.5 Å². The highest BCUT2D eigenvalue weighted by Crippen LogP contribution is 2.23. The normalized spacial score (nSPS) is 16.5. The summed E-state index contributed by atoms with van der Waals surface area (Å²) in [6.45, 7) is 1.89. The average molecular weight is 301 g/mol. The van der Waals surface area contributed by atoms with Gasteiger partial charge in [-0.3, -0.25) is 9.58 Å². The van der Waals surface area contributed by atoms with Gasteiger partial charge >= 0.3 is 0 Å². The fourth-order valence-electron chi connectivity index (χ4n) is 2.96. The van der Waals surface area contributed by atoms with E-state index in [0.29, 0.717) is 0 Å². The van der Waals surface area contributed by atoms with Crippen molar-refractivity contribution in [1.29, 1.82) is 0 Å². The van der Waals surface area contributed by atoms with E-state index in [9.17, 15) is 0 Å². The second-order valence-corrected chi connectivity index (χ2v) is 6.96. The van der Waals surface area contributed by atoms with Crippen LogP contribution in [0.15, 0.2) is 42.7 Å². The maximum atomic E-state index is 4.32.